The van der Waals surface area contributed by atoms with Crippen LogP contribution in [0.2, 0.25) is 0 Å². The lowest BCUT2D eigenvalue weighted by molar-refractivity contribution is 0.0950. The van der Waals surface area contributed by atoms with Gasteiger partial charge in [-0.1, -0.05) is 12.1 Å². The van der Waals surface area contributed by atoms with Gasteiger partial charge in [0, 0.05) is 18.1 Å². The number of hydrogen-bond acceptors (Lipinski definition) is 5. The van der Waals surface area contributed by atoms with Crippen LogP contribution in [0, 0.1) is 11.6 Å². The normalized spacial score (nSPS) is 11.5. The number of halogens is 2. The molecular weight excluding hydrogens is 414 g/mol. The first kappa shape index (κ1) is 19.6. The fourth-order valence-corrected chi connectivity index (χ4v) is 4.08. The zero-order valence-corrected chi connectivity index (χ0v) is 16.1. The third kappa shape index (κ3) is 3.77. The zero-order valence-electron chi connectivity index (χ0n) is 15.3. The number of nitrogens with zero attached hydrogens (tertiary/aromatic N) is 2. The molecule has 0 saturated carbocycles. The van der Waals surface area contributed by atoms with Gasteiger partial charge < -0.3 is 5.32 Å². The summed E-state index contributed by atoms with van der Waals surface area (Å²) < 4.78 is 51.6. The highest BCUT2D eigenvalue weighted by molar-refractivity contribution is 7.91. The molecule has 0 saturated heterocycles. The molecule has 0 radical (unpaired) electrons. The number of sulfone groups is 1. The van der Waals surface area contributed by atoms with Crippen molar-refractivity contribution in [2.45, 2.75) is 16.3 Å². The van der Waals surface area contributed by atoms with Gasteiger partial charge in [0.15, 0.2) is 17.3 Å². The number of benzene rings is 2. The van der Waals surface area contributed by atoms with Crippen LogP contribution >= 0.6 is 0 Å². The van der Waals surface area contributed by atoms with E-state index in [1.807, 2.05) is 0 Å². The number of aromatic nitrogens is 3. The van der Waals surface area contributed by atoms with E-state index < -0.39 is 21.5 Å². The number of rotatable bonds is 5. The van der Waals surface area contributed by atoms with Gasteiger partial charge in [-0.15, -0.1) is 0 Å². The van der Waals surface area contributed by atoms with E-state index in [0.29, 0.717) is 28.2 Å². The first-order chi connectivity index (χ1) is 14.3. The summed E-state index contributed by atoms with van der Waals surface area (Å²) in [5, 5.41) is 9.97. The lowest BCUT2D eigenvalue weighted by Gasteiger charge is -2.08. The lowest BCUT2D eigenvalue weighted by Crippen LogP contribution is -2.22. The summed E-state index contributed by atoms with van der Waals surface area (Å²) in [7, 11) is -4.00. The Labute approximate surface area is 169 Å². The standard InChI is InChI=1S/C20H14F2N4O3S/c21-17-6-5-16(8-18(17)22)30(28,29)15-3-1-12(2-4-15)9-24-20(27)14-7-13-11-25-26-19(13)23-10-14/h1-8,10-11H,9H2,(H,24,27)(H,23,25,26). The van der Waals surface area contributed by atoms with Gasteiger partial charge in [0.1, 0.15) is 0 Å². The summed E-state index contributed by atoms with van der Waals surface area (Å²) >= 11 is 0. The molecule has 4 rings (SSSR count). The van der Waals surface area contributed by atoms with Crippen molar-refractivity contribution in [3.63, 3.8) is 0 Å². The quantitative estimate of drug-likeness (QED) is 0.476. The van der Waals surface area contributed by atoms with Gasteiger partial charge in [0.25, 0.3) is 5.91 Å². The predicted octanol–water partition coefficient (Wildman–Crippen LogP) is 3.00. The Morgan fingerprint density at radius 3 is 2.43 bits per heavy atom. The van der Waals surface area contributed by atoms with Gasteiger partial charge in [-0.3, -0.25) is 9.89 Å². The number of hydrogen-bond donors (Lipinski definition) is 2. The topological polar surface area (TPSA) is 105 Å². The zero-order chi connectivity index (χ0) is 21.3. The SMILES string of the molecule is O=C(NCc1ccc(S(=O)(=O)c2ccc(F)c(F)c2)cc1)c1cnc2[nH]ncc2c1. The molecule has 1 amide bonds. The Bertz CT molecular complexity index is 1350. The second-order valence-corrected chi connectivity index (χ2v) is 8.39. The molecule has 0 atom stereocenters. The van der Waals surface area contributed by atoms with Crippen LogP contribution in [-0.4, -0.2) is 29.5 Å². The van der Waals surface area contributed by atoms with E-state index in [1.54, 1.807) is 12.3 Å². The predicted molar refractivity (Wildman–Crippen MR) is 103 cm³/mol. The molecule has 0 unspecified atom stereocenters. The molecule has 2 N–H and O–H groups in total. The summed E-state index contributed by atoms with van der Waals surface area (Å²) in [6.07, 6.45) is 2.98. The molecule has 2 aromatic carbocycles. The number of carbonyl (C=O) groups is 1. The third-order valence-electron chi connectivity index (χ3n) is 4.44. The van der Waals surface area contributed by atoms with Gasteiger partial charge in [-0.2, -0.15) is 5.10 Å². The van der Waals surface area contributed by atoms with Crippen LogP contribution in [0.15, 0.2) is 70.7 Å². The molecule has 0 aliphatic carbocycles. The summed E-state index contributed by atoms with van der Waals surface area (Å²) in [5.41, 5.74) is 1.59. The van der Waals surface area contributed by atoms with E-state index in [9.17, 15) is 22.0 Å². The fraction of sp³-hybridized carbons (Fsp3) is 0.0500. The highest BCUT2D eigenvalue weighted by Crippen LogP contribution is 2.23. The van der Waals surface area contributed by atoms with Gasteiger partial charge in [0.2, 0.25) is 9.84 Å². The second-order valence-electron chi connectivity index (χ2n) is 6.44. The summed E-state index contributed by atoms with van der Waals surface area (Å²) in [5.74, 6) is -2.70. The minimum atomic E-state index is -4.00. The molecule has 4 aromatic rings. The van der Waals surface area contributed by atoms with Gasteiger partial charge >= 0.3 is 0 Å². The molecule has 2 heterocycles. The third-order valence-corrected chi connectivity index (χ3v) is 6.21. The second kappa shape index (κ2) is 7.64. The van der Waals surface area contributed by atoms with Gasteiger partial charge in [0.05, 0.1) is 21.6 Å². The van der Waals surface area contributed by atoms with Crippen molar-refractivity contribution < 1.29 is 22.0 Å². The van der Waals surface area contributed by atoms with Crippen molar-refractivity contribution in [3.8, 4) is 0 Å². The maximum absolute atomic E-state index is 13.4. The van der Waals surface area contributed by atoms with Crippen LogP contribution in [0.5, 0.6) is 0 Å². The van der Waals surface area contributed by atoms with Crippen molar-refractivity contribution in [2.24, 2.45) is 0 Å². The highest BCUT2D eigenvalue weighted by Gasteiger charge is 2.19. The van der Waals surface area contributed by atoms with Gasteiger partial charge in [-0.25, -0.2) is 22.2 Å². The van der Waals surface area contributed by atoms with E-state index in [2.05, 4.69) is 20.5 Å². The van der Waals surface area contributed by atoms with Crippen molar-refractivity contribution >= 4 is 26.8 Å². The summed E-state index contributed by atoms with van der Waals surface area (Å²) in [4.78, 5) is 16.0. The molecular formula is C20H14F2N4O3S. The largest absolute Gasteiger partial charge is 0.348 e. The average Bonchev–Trinajstić information content (AvgIpc) is 3.22. The van der Waals surface area contributed by atoms with Gasteiger partial charge in [-0.05, 0) is 42.0 Å². The van der Waals surface area contributed by atoms with E-state index in [-0.39, 0.29) is 22.2 Å². The smallest absolute Gasteiger partial charge is 0.253 e. The average molecular weight is 428 g/mol. The summed E-state index contributed by atoms with van der Waals surface area (Å²) in [6.45, 7) is 0.160. The molecule has 0 spiro atoms. The molecule has 2 aromatic heterocycles. The lowest BCUT2D eigenvalue weighted by atomic mass is 10.2. The van der Waals surface area contributed by atoms with E-state index in [1.165, 1.54) is 30.5 Å². The Hall–Kier alpha value is -3.66. The number of amides is 1. The van der Waals surface area contributed by atoms with Crippen LogP contribution in [0.1, 0.15) is 15.9 Å². The maximum Gasteiger partial charge on any atom is 0.253 e. The van der Waals surface area contributed by atoms with E-state index in [0.717, 1.165) is 12.1 Å². The monoisotopic (exact) mass is 428 g/mol. The molecule has 10 heteroatoms. The van der Waals surface area contributed by atoms with Crippen LogP contribution in [0.25, 0.3) is 11.0 Å². The molecule has 7 nitrogen and oxygen atoms in total. The molecule has 0 bridgehead atoms. The molecule has 152 valence electrons. The highest BCUT2D eigenvalue weighted by atomic mass is 32.2. The first-order valence-corrected chi connectivity index (χ1v) is 10.2. The molecule has 0 aliphatic heterocycles. The molecule has 0 aliphatic rings. The fourth-order valence-electron chi connectivity index (χ4n) is 2.81. The number of pyridine rings is 1. The molecule has 30 heavy (non-hydrogen) atoms. The van der Waals surface area contributed by atoms with Crippen molar-refractivity contribution in [3.05, 3.63) is 83.7 Å². The van der Waals surface area contributed by atoms with Crippen LogP contribution in [0.4, 0.5) is 8.78 Å². The minimum absolute atomic E-state index is 0.0711. The maximum atomic E-state index is 13.4. The number of aromatic amines is 1. The van der Waals surface area contributed by atoms with Crippen molar-refractivity contribution in [2.75, 3.05) is 0 Å². The van der Waals surface area contributed by atoms with E-state index >= 15 is 0 Å². The summed E-state index contributed by atoms with van der Waals surface area (Å²) in [6, 6.07) is 9.82. The number of H-pyrrole nitrogens is 1. The minimum Gasteiger partial charge on any atom is -0.348 e. The Morgan fingerprint density at radius 2 is 1.70 bits per heavy atom. The Morgan fingerprint density at radius 1 is 0.967 bits per heavy atom. The Kier molecular flexibility index (Phi) is 5.00. The number of carbonyl (C=O) groups excluding carboxylic acids is 1. The van der Waals surface area contributed by atoms with Crippen LogP contribution in [-0.2, 0) is 16.4 Å². The van der Waals surface area contributed by atoms with Crippen molar-refractivity contribution in [1.29, 1.82) is 0 Å². The first-order valence-electron chi connectivity index (χ1n) is 8.71. The molecule has 0 fully saturated rings. The number of fused-ring (bicyclic) bond motifs is 1. The Balaban J connectivity index is 1.46. The van der Waals surface area contributed by atoms with Crippen LogP contribution < -0.4 is 5.32 Å². The van der Waals surface area contributed by atoms with Crippen LogP contribution in [0.3, 0.4) is 0 Å². The van der Waals surface area contributed by atoms with Crippen molar-refractivity contribution in [1.82, 2.24) is 20.5 Å². The van der Waals surface area contributed by atoms with E-state index in [4.69, 9.17) is 0 Å². The number of nitrogens with one attached hydrogen (secondary N) is 2.